The second-order valence-electron chi connectivity index (χ2n) is 4.69. The lowest BCUT2D eigenvalue weighted by atomic mass is 9.92. The van der Waals surface area contributed by atoms with Crippen LogP contribution in [0.15, 0.2) is 48.7 Å². The first-order valence-corrected chi connectivity index (χ1v) is 6.20. The molecule has 0 aliphatic carbocycles. The number of aliphatic hydroxyl groups is 1. The van der Waals surface area contributed by atoms with Gasteiger partial charge in [0.05, 0.1) is 12.1 Å². The van der Waals surface area contributed by atoms with Gasteiger partial charge in [-0.25, -0.2) is 9.78 Å². The van der Waals surface area contributed by atoms with Crippen LogP contribution in [0, 0.1) is 0 Å². The van der Waals surface area contributed by atoms with Gasteiger partial charge in [0, 0.05) is 6.20 Å². The summed E-state index contributed by atoms with van der Waals surface area (Å²) in [5, 5.41) is 21.9. The van der Waals surface area contributed by atoms with E-state index in [1.165, 1.54) is 12.3 Å². The van der Waals surface area contributed by atoms with Crippen molar-refractivity contribution < 1.29 is 15.0 Å². The van der Waals surface area contributed by atoms with E-state index in [0.29, 0.717) is 0 Å². The molecule has 20 heavy (non-hydrogen) atoms. The Kier molecular flexibility index (Phi) is 4.00. The number of aromatic carboxylic acids is 1. The molecule has 1 atom stereocenters. The van der Waals surface area contributed by atoms with E-state index in [9.17, 15) is 9.90 Å². The molecule has 0 aliphatic heterocycles. The second-order valence-corrected chi connectivity index (χ2v) is 4.69. The quantitative estimate of drug-likeness (QED) is 0.776. The van der Waals surface area contributed by atoms with Gasteiger partial charge in [-0.3, -0.25) is 0 Å². The van der Waals surface area contributed by atoms with Crippen molar-refractivity contribution in [2.75, 3.05) is 11.9 Å². The number of anilines is 1. The topological polar surface area (TPSA) is 82.5 Å². The highest BCUT2D eigenvalue weighted by atomic mass is 16.4. The highest BCUT2D eigenvalue weighted by Gasteiger charge is 2.27. The Morgan fingerprint density at radius 1 is 1.25 bits per heavy atom. The number of rotatable bonds is 5. The smallest absolute Gasteiger partial charge is 0.339 e. The van der Waals surface area contributed by atoms with Crippen molar-refractivity contribution in [1.29, 1.82) is 0 Å². The van der Waals surface area contributed by atoms with Crippen LogP contribution >= 0.6 is 0 Å². The predicted molar refractivity (Wildman–Crippen MR) is 75.7 cm³/mol. The second kappa shape index (κ2) is 5.71. The maximum atomic E-state index is 11.2. The third kappa shape index (κ3) is 2.78. The maximum absolute atomic E-state index is 11.2. The molecule has 0 amide bonds. The summed E-state index contributed by atoms with van der Waals surface area (Å²) in [6.45, 7) is 1.61. The largest absolute Gasteiger partial charge is 0.478 e. The third-order valence-corrected chi connectivity index (χ3v) is 3.16. The van der Waals surface area contributed by atoms with Crippen LogP contribution in [0.1, 0.15) is 22.8 Å². The molecule has 0 fully saturated rings. The van der Waals surface area contributed by atoms with E-state index in [2.05, 4.69) is 10.3 Å². The molecule has 3 N–H and O–H groups in total. The summed E-state index contributed by atoms with van der Waals surface area (Å²) in [6, 6.07) is 12.4. The first-order valence-electron chi connectivity index (χ1n) is 6.20. The Morgan fingerprint density at radius 2 is 1.95 bits per heavy atom. The van der Waals surface area contributed by atoms with Gasteiger partial charge in [0.2, 0.25) is 0 Å². The summed E-state index contributed by atoms with van der Waals surface area (Å²) in [6.07, 6.45) is 1.51. The standard InChI is InChI=1S/C15H16N2O3/c1-15(10-18,11-6-3-2-4-7-11)17-13-12(14(19)20)8-5-9-16-13/h2-9,18H,10H2,1H3,(H,16,17)(H,19,20). The molecule has 2 rings (SSSR count). The first kappa shape index (κ1) is 14.0. The zero-order valence-electron chi connectivity index (χ0n) is 11.1. The Hall–Kier alpha value is -2.40. The van der Waals surface area contributed by atoms with Crippen LogP contribution < -0.4 is 5.32 Å². The van der Waals surface area contributed by atoms with E-state index in [0.717, 1.165) is 5.56 Å². The van der Waals surface area contributed by atoms with Crippen LogP contribution in [0.25, 0.3) is 0 Å². The number of nitrogens with one attached hydrogen (secondary N) is 1. The number of carbonyl (C=O) groups is 1. The van der Waals surface area contributed by atoms with E-state index >= 15 is 0 Å². The SMILES string of the molecule is CC(CO)(Nc1ncccc1C(=O)O)c1ccccc1. The summed E-state index contributed by atoms with van der Waals surface area (Å²) in [7, 11) is 0. The molecule has 0 spiro atoms. The average molecular weight is 272 g/mol. The van der Waals surface area contributed by atoms with Gasteiger partial charge in [-0.15, -0.1) is 0 Å². The molecule has 0 aliphatic rings. The molecule has 1 heterocycles. The Balaban J connectivity index is 2.39. The number of benzene rings is 1. The Labute approximate surface area is 116 Å². The monoisotopic (exact) mass is 272 g/mol. The summed E-state index contributed by atoms with van der Waals surface area (Å²) < 4.78 is 0. The average Bonchev–Trinajstić information content (AvgIpc) is 2.48. The van der Waals surface area contributed by atoms with Crippen LogP contribution in [0.2, 0.25) is 0 Å². The number of nitrogens with zero attached hydrogens (tertiary/aromatic N) is 1. The van der Waals surface area contributed by atoms with E-state index in [1.54, 1.807) is 13.0 Å². The number of hydrogen-bond donors (Lipinski definition) is 3. The predicted octanol–water partition coefficient (Wildman–Crippen LogP) is 2.10. The molecule has 5 heteroatoms. The fourth-order valence-electron chi connectivity index (χ4n) is 1.95. The summed E-state index contributed by atoms with van der Waals surface area (Å²) in [5.41, 5.74) is 0.118. The van der Waals surface area contributed by atoms with Crippen molar-refractivity contribution in [3.8, 4) is 0 Å². The summed E-state index contributed by atoms with van der Waals surface area (Å²) in [4.78, 5) is 15.2. The van der Waals surface area contributed by atoms with E-state index in [-0.39, 0.29) is 18.0 Å². The molecule has 5 nitrogen and oxygen atoms in total. The number of pyridine rings is 1. The molecule has 1 aromatic carbocycles. The van der Waals surface area contributed by atoms with Crippen molar-refractivity contribution in [2.45, 2.75) is 12.5 Å². The van der Waals surface area contributed by atoms with Crippen molar-refractivity contribution in [3.05, 3.63) is 59.8 Å². The molecular weight excluding hydrogens is 256 g/mol. The van der Waals surface area contributed by atoms with E-state index in [4.69, 9.17) is 5.11 Å². The minimum atomic E-state index is -1.06. The van der Waals surface area contributed by atoms with E-state index in [1.807, 2.05) is 30.3 Å². The van der Waals surface area contributed by atoms with Gasteiger partial charge in [-0.05, 0) is 24.6 Å². The number of carboxylic acid groups (broad SMARTS) is 1. The number of aliphatic hydroxyl groups excluding tert-OH is 1. The lowest BCUT2D eigenvalue weighted by Crippen LogP contribution is -2.36. The van der Waals surface area contributed by atoms with Gasteiger partial charge in [0.15, 0.2) is 0 Å². The van der Waals surface area contributed by atoms with Gasteiger partial charge in [-0.1, -0.05) is 30.3 Å². The molecule has 104 valence electrons. The number of aromatic nitrogens is 1. The van der Waals surface area contributed by atoms with Crippen molar-refractivity contribution in [3.63, 3.8) is 0 Å². The van der Waals surface area contributed by atoms with E-state index < -0.39 is 11.5 Å². The minimum absolute atomic E-state index is 0.0723. The Morgan fingerprint density at radius 3 is 2.55 bits per heavy atom. The van der Waals surface area contributed by atoms with Gasteiger partial charge in [0.25, 0.3) is 0 Å². The van der Waals surface area contributed by atoms with Crippen molar-refractivity contribution in [1.82, 2.24) is 4.98 Å². The lowest BCUT2D eigenvalue weighted by Gasteiger charge is -2.30. The van der Waals surface area contributed by atoms with Crippen molar-refractivity contribution in [2.24, 2.45) is 0 Å². The van der Waals surface area contributed by atoms with Crippen LogP contribution in [0.4, 0.5) is 5.82 Å². The zero-order valence-corrected chi connectivity index (χ0v) is 11.1. The van der Waals surface area contributed by atoms with Gasteiger partial charge in [0.1, 0.15) is 11.4 Å². The van der Waals surface area contributed by atoms with Gasteiger partial charge >= 0.3 is 5.97 Å². The van der Waals surface area contributed by atoms with Crippen LogP contribution in [-0.2, 0) is 5.54 Å². The normalized spacial score (nSPS) is 13.5. The summed E-state index contributed by atoms with van der Waals surface area (Å²) >= 11 is 0. The first-order chi connectivity index (χ1) is 9.57. The number of hydrogen-bond acceptors (Lipinski definition) is 4. The van der Waals surface area contributed by atoms with Crippen LogP contribution in [-0.4, -0.2) is 27.8 Å². The molecule has 1 unspecified atom stereocenters. The fraction of sp³-hybridized carbons (Fsp3) is 0.200. The highest BCUT2D eigenvalue weighted by Crippen LogP contribution is 2.26. The van der Waals surface area contributed by atoms with Gasteiger partial charge < -0.3 is 15.5 Å². The molecule has 0 bridgehead atoms. The lowest BCUT2D eigenvalue weighted by molar-refractivity contribution is 0.0697. The molecular formula is C15H16N2O3. The van der Waals surface area contributed by atoms with Crippen molar-refractivity contribution >= 4 is 11.8 Å². The fourth-order valence-corrected chi connectivity index (χ4v) is 1.95. The molecule has 0 radical (unpaired) electrons. The zero-order chi connectivity index (χ0) is 14.6. The molecule has 1 aromatic heterocycles. The van der Waals surface area contributed by atoms with Gasteiger partial charge in [-0.2, -0.15) is 0 Å². The number of carboxylic acids is 1. The highest BCUT2D eigenvalue weighted by molar-refractivity contribution is 5.93. The molecule has 0 saturated heterocycles. The molecule has 0 saturated carbocycles. The maximum Gasteiger partial charge on any atom is 0.339 e. The summed E-state index contributed by atoms with van der Waals surface area (Å²) in [5.74, 6) is -0.825. The van der Waals surface area contributed by atoms with Crippen LogP contribution in [0.5, 0.6) is 0 Å². The molecule has 2 aromatic rings. The van der Waals surface area contributed by atoms with Crippen LogP contribution in [0.3, 0.4) is 0 Å². The third-order valence-electron chi connectivity index (χ3n) is 3.16. The minimum Gasteiger partial charge on any atom is -0.478 e. The Bertz CT molecular complexity index is 601.